The van der Waals surface area contributed by atoms with E-state index in [9.17, 15) is 45.6 Å². The third-order valence-corrected chi connectivity index (χ3v) is 22.0. The standard InChI is InChI=1S/C24H30N2O5SSi.C21H27F3N2O8SSi.C18H16N2O3S/c1-29-20-12-17-18(13-21(20)30-2)26(15-31-8-10-33(3,4)5)24(28)19-11-16(14-25(19)23(17)27)22-7-6-9-32-22;1-31-17-9-14-15(10-18(17)32-2)26(12-33-6-7-36(3,4)5)20(28)16-8-13(11-25(16)19(14)27)34-35(29,30)21(22,23)24;1-22-15-7-13-14(8-16(15)23-2)19-9-12-6-11(10-20(12)18(13)21)17-4-3-5-24-17/h6-7,9,12-14,19H,8,10-11,15H2,1-5H3;9-11,16H,6-8,12H2,1-5H3;3-5,7-10,12H,6H2,1-2H3/t19-;16-;12-/m000/s1. The predicted octanol–water partition coefficient (Wildman–Crippen LogP) is 11.7. The number of aliphatic imine (C=N–C) groups is 1. The number of hydrogen-bond donors (Lipinski definition) is 0. The SMILES string of the molecule is COc1cc2c(cc1OC)C(=O)N1C=C(c3cccs3)C[C@H]1C=N2.COc1cc2c(cc1OC)N(COCC[Si](C)(C)C)C(=O)[C@@H]1CC(OS(=O)(=O)C(F)(F)F)=CN1C2=O.COc1cc2c(cc1OC)N(COCC[Si](C)(C)C)C(=O)[C@@H]1CC(c3cccs3)=CN1C2=O. The van der Waals surface area contributed by atoms with Gasteiger partial charge in [0.15, 0.2) is 34.5 Å². The Morgan fingerprint density at radius 1 is 0.548 bits per heavy atom. The maximum Gasteiger partial charge on any atom is 0.534 e. The lowest BCUT2D eigenvalue weighted by Crippen LogP contribution is -2.45. The lowest BCUT2D eigenvalue weighted by molar-refractivity contribution is -0.123. The van der Waals surface area contributed by atoms with Crippen molar-refractivity contribution in [1.82, 2.24) is 14.7 Å². The number of thiophene rings is 2. The zero-order valence-corrected chi connectivity index (χ0v) is 57.9. The van der Waals surface area contributed by atoms with E-state index in [4.69, 9.17) is 37.9 Å². The number of amides is 5. The van der Waals surface area contributed by atoms with Gasteiger partial charge in [0.1, 0.15) is 31.3 Å². The van der Waals surface area contributed by atoms with Gasteiger partial charge in [0.05, 0.1) is 82.5 Å². The number of benzene rings is 3. The summed E-state index contributed by atoms with van der Waals surface area (Å²) in [4.78, 5) is 81.0. The molecule has 0 saturated heterocycles. The number of carbonyl (C=O) groups is 5. The van der Waals surface area contributed by atoms with Crippen molar-refractivity contribution in [3.63, 3.8) is 0 Å². The Kier molecular flexibility index (Phi) is 21.1. The monoisotopic (exact) mass is 1380 g/mol. The van der Waals surface area contributed by atoms with Gasteiger partial charge in [0, 0.05) is 101 Å². The summed E-state index contributed by atoms with van der Waals surface area (Å²) >= 11 is 3.28. The third-order valence-electron chi connectivity index (χ3n) is 15.7. The van der Waals surface area contributed by atoms with Gasteiger partial charge in [-0.05, 0) is 64.3 Å². The fourth-order valence-electron chi connectivity index (χ4n) is 10.7. The maximum absolute atomic E-state index is 13.8. The Balaban J connectivity index is 0.000000167. The molecule has 3 aromatic carbocycles. The second-order valence-electron chi connectivity index (χ2n) is 24.4. The van der Waals surface area contributed by atoms with Gasteiger partial charge in [0.2, 0.25) is 0 Å². The lowest BCUT2D eigenvalue weighted by atomic mass is 10.1. The predicted molar refractivity (Wildman–Crippen MR) is 352 cm³/mol. The van der Waals surface area contributed by atoms with E-state index in [1.165, 1.54) is 55.9 Å². The van der Waals surface area contributed by atoms with Gasteiger partial charge in [0.25, 0.3) is 29.5 Å². The molecule has 30 heteroatoms. The first-order valence-corrected chi connectivity index (χ1v) is 39.9. The van der Waals surface area contributed by atoms with Crippen molar-refractivity contribution in [2.75, 3.05) is 79.1 Å². The minimum Gasteiger partial charge on any atom is -0.493 e. The van der Waals surface area contributed by atoms with E-state index in [0.29, 0.717) is 65.1 Å². The molecule has 0 saturated carbocycles. The molecule has 0 bridgehead atoms. The number of halogens is 3. The Hall–Kier alpha value is -8.01. The van der Waals surface area contributed by atoms with Crippen molar-refractivity contribution in [3.8, 4) is 34.5 Å². The topological polar surface area (TPSA) is 231 Å². The van der Waals surface area contributed by atoms with Gasteiger partial charge in [-0.1, -0.05) is 51.4 Å². The van der Waals surface area contributed by atoms with Crippen LogP contribution in [0.2, 0.25) is 51.4 Å². The van der Waals surface area contributed by atoms with Crippen LogP contribution in [0.15, 0.2) is 101 Å². The van der Waals surface area contributed by atoms with Crippen molar-refractivity contribution < 1.29 is 87.6 Å². The molecule has 498 valence electrons. The largest absolute Gasteiger partial charge is 0.534 e. The lowest BCUT2D eigenvalue weighted by Gasteiger charge is -2.26. The summed E-state index contributed by atoms with van der Waals surface area (Å²) in [7, 11) is 0.211. The number of alkyl halides is 3. The minimum atomic E-state index is -5.98. The van der Waals surface area contributed by atoms with Crippen LogP contribution in [0.25, 0.3) is 11.1 Å². The minimum absolute atomic E-state index is 0.0199. The van der Waals surface area contributed by atoms with Gasteiger partial charge in [-0.2, -0.15) is 21.6 Å². The molecule has 0 radical (unpaired) electrons. The van der Waals surface area contributed by atoms with Gasteiger partial charge in [-0.15, -0.1) is 22.7 Å². The molecule has 8 heterocycles. The molecule has 93 heavy (non-hydrogen) atoms. The summed E-state index contributed by atoms with van der Waals surface area (Å²) in [6, 6.07) is 17.4. The average molecular weight is 1380 g/mol. The normalized spacial score (nSPS) is 18.4. The molecular formula is C63H73F3N6O16S3Si2. The molecule has 5 aromatic rings. The fraction of sp³-hybridized carbons (Fsp3) is 0.397. The highest BCUT2D eigenvalue weighted by Gasteiger charge is 2.52. The molecule has 0 spiro atoms. The van der Waals surface area contributed by atoms with Crippen LogP contribution < -0.4 is 38.2 Å². The van der Waals surface area contributed by atoms with Crippen LogP contribution in [0.1, 0.15) is 60.1 Å². The molecule has 0 fully saturated rings. The zero-order valence-electron chi connectivity index (χ0n) is 53.4. The summed E-state index contributed by atoms with van der Waals surface area (Å²) in [5, 5.41) is 4.04. The summed E-state index contributed by atoms with van der Waals surface area (Å²) in [6.07, 6.45) is 7.06. The summed E-state index contributed by atoms with van der Waals surface area (Å²) in [5.41, 5.74) is -1.38. The molecular weight excluding hydrogens is 1310 g/mol. The number of nitrogens with zero attached hydrogens (tertiary/aromatic N) is 6. The molecule has 0 aliphatic carbocycles. The summed E-state index contributed by atoms with van der Waals surface area (Å²) in [6.45, 7) is 14.1. The highest BCUT2D eigenvalue weighted by molar-refractivity contribution is 7.87. The van der Waals surface area contributed by atoms with E-state index >= 15 is 0 Å². The van der Waals surface area contributed by atoms with Crippen LogP contribution in [0.5, 0.6) is 34.5 Å². The molecule has 0 unspecified atom stereocenters. The first-order chi connectivity index (χ1) is 44.0. The van der Waals surface area contributed by atoms with Crippen LogP contribution in [-0.4, -0.2) is 168 Å². The molecule has 6 aliphatic rings. The smallest absolute Gasteiger partial charge is 0.493 e. The fourth-order valence-corrected chi connectivity index (χ4v) is 14.2. The third kappa shape index (κ3) is 15.2. The summed E-state index contributed by atoms with van der Waals surface area (Å²) < 4.78 is 109. The van der Waals surface area contributed by atoms with Crippen LogP contribution in [0, 0.1) is 0 Å². The second kappa shape index (κ2) is 28.3. The zero-order chi connectivity index (χ0) is 67.5. The molecule has 0 N–H and O–H groups in total. The van der Waals surface area contributed by atoms with Crippen molar-refractivity contribution in [3.05, 3.63) is 122 Å². The second-order valence-corrected chi connectivity index (χ2v) is 39.0. The number of hydrogen-bond acceptors (Lipinski definition) is 19. The first-order valence-electron chi connectivity index (χ1n) is 29.3. The van der Waals surface area contributed by atoms with Gasteiger partial charge in [-0.3, -0.25) is 43.7 Å². The average Bonchev–Trinajstić information content (AvgIpc) is 1.64. The Labute approximate surface area is 547 Å². The van der Waals surface area contributed by atoms with Crippen LogP contribution >= 0.6 is 22.7 Å². The highest BCUT2D eigenvalue weighted by atomic mass is 32.2. The number of ether oxygens (including phenoxy) is 8. The number of carbonyl (C=O) groups excluding carboxylic acids is 5. The van der Waals surface area contributed by atoms with Crippen LogP contribution in [-0.2, 0) is 33.4 Å². The summed E-state index contributed by atoms with van der Waals surface area (Å²) in [5.74, 6) is -0.210. The molecule has 2 aromatic heterocycles. The quantitative estimate of drug-likeness (QED) is 0.0305. The molecule has 22 nitrogen and oxygen atoms in total. The number of methoxy groups -OCH3 is 6. The Morgan fingerprint density at radius 2 is 0.957 bits per heavy atom. The van der Waals surface area contributed by atoms with E-state index in [0.717, 1.165) is 40.1 Å². The van der Waals surface area contributed by atoms with E-state index in [2.05, 4.69) is 54.5 Å². The number of anilines is 2. The first kappa shape index (κ1) is 69.3. The van der Waals surface area contributed by atoms with Gasteiger partial charge in [-0.25, -0.2) is 0 Å². The van der Waals surface area contributed by atoms with Crippen LogP contribution in [0.4, 0.5) is 30.2 Å². The van der Waals surface area contributed by atoms with Crippen molar-refractivity contribution >= 4 is 113 Å². The van der Waals surface area contributed by atoms with E-state index in [1.807, 2.05) is 47.6 Å². The molecule has 5 amide bonds. The van der Waals surface area contributed by atoms with Crippen molar-refractivity contribution in [2.24, 2.45) is 4.99 Å². The molecule has 3 atom stereocenters. The molecule has 11 rings (SSSR count). The molecule has 6 aliphatic heterocycles. The van der Waals surface area contributed by atoms with Crippen molar-refractivity contribution in [2.45, 2.75) is 94.3 Å². The van der Waals surface area contributed by atoms with E-state index in [-0.39, 0.29) is 60.0 Å². The van der Waals surface area contributed by atoms with E-state index in [1.54, 1.807) is 75.9 Å². The van der Waals surface area contributed by atoms with E-state index < -0.39 is 67.9 Å². The van der Waals surface area contributed by atoms with Gasteiger partial charge < -0.3 is 51.9 Å². The Morgan fingerprint density at radius 3 is 1.40 bits per heavy atom. The maximum atomic E-state index is 13.8. The Bertz CT molecular complexity index is 3910. The van der Waals surface area contributed by atoms with Crippen molar-refractivity contribution in [1.29, 1.82) is 0 Å². The number of fused-ring (bicyclic) bond motifs is 6. The highest BCUT2D eigenvalue weighted by Crippen LogP contribution is 2.45. The van der Waals surface area contributed by atoms with Gasteiger partial charge >= 0.3 is 15.6 Å². The number of rotatable bonds is 20. The van der Waals surface area contributed by atoms with Crippen LogP contribution in [0.3, 0.4) is 0 Å².